The van der Waals surface area contributed by atoms with Gasteiger partial charge in [0.2, 0.25) is 10.0 Å². The van der Waals surface area contributed by atoms with Crippen molar-refractivity contribution in [2.24, 2.45) is 0 Å². The SMILES string of the molecule is CS(=O)(=O)NCc1cc(C(=O)Nc2ccc(Cl)cc2Cl)ccn1. The van der Waals surface area contributed by atoms with Gasteiger partial charge >= 0.3 is 0 Å². The quantitative estimate of drug-likeness (QED) is 0.842. The van der Waals surface area contributed by atoms with Crippen LogP contribution in [0.1, 0.15) is 16.1 Å². The highest BCUT2D eigenvalue weighted by Crippen LogP contribution is 2.25. The van der Waals surface area contributed by atoms with E-state index in [9.17, 15) is 13.2 Å². The Balaban J connectivity index is 2.13. The minimum atomic E-state index is -3.33. The van der Waals surface area contributed by atoms with E-state index in [0.717, 1.165) is 6.26 Å². The molecule has 6 nitrogen and oxygen atoms in total. The number of rotatable bonds is 5. The highest BCUT2D eigenvalue weighted by atomic mass is 35.5. The van der Waals surface area contributed by atoms with Crippen LogP contribution in [0.15, 0.2) is 36.5 Å². The molecule has 1 heterocycles. The van der Waals surface area contributed by atoms with Crippen molar-refractivity contribution in [3.8, 4) is 0 Å². The fourth-order valence-corrected chi connectivity index (χ4v) is 2.57. The van der Waals surface area contributed by atoms with E-state index in [1.54, 1.807) is 12.1 Å². The Morgan fingerprint density at radius 2 is 1.96 bits per heavy atom. The summed E-state index contributed by atoms with van der Waals surface area (Å²) >= 11 is 11.8. The van der Waals surface area contributed by atoms with E-state index in [1.807, 2.05) is 0 Å². The first-order valence-electron chi connectivity index (χ1n) is 6.40. The van der Waals surface area contributed by atoms with Crippen molar-refractivity contribution in [3.05, 3.63) is 57.8 Å². The van der Waals surface area contributed by atoms with Crippen LogP contribution in [0.25, 0.3) is 0 Å². The summed E-state index contributed by atoms with van der Waals surface area (Å²) in [6, 6.07) is 7.74. The highest BCUT2D eigenvalue weighted by molar-refractivity contribution is 7.88. The van der Waals surface area contributed by atoms with Crippen molar-refractivity contribution in [3.63, 3.8) is 0 Å². The van der Waals surface area contributed by atoms with Crippen molar-refractivity contribution in [2.45, 2.75) is 6.54 Å². The van der Waals surface area contributed by atoms with Crippen molar-refractivity contribution in [2.75, 3.05) is 11.6 Å². The van der Waals surface area contributed by atoms with Gasteiger partial charge in [0.05, 0.1) is 29.2 Å². The van der Waals surface area contributed by atoms with E-state index in [4.69, 9.17) is 23.2 Å². The summed E-state index contributed by atoms with van der Waals surface area (Å²) in [6.45, 7) is 0.00164. The second-order valence-corrected chi connectivity index (χ2v) is 7.38. The number of halogens is 2. The molecule has 23 heavy (non-hydrogen) atoms. The van der Waals surface area contributed by atoms with Crippen LogP contribution in [0.3, 0.4) is 0 Å². The Labute approximate surface area is 143 Å². The first-order chi connectivity index (χ1) is 10.7. The lowest BCUT2D eigenvalue weighted by molar-refractivity contribution is 0.102. The number of nitrogens with zero attached hydrogens (tertiary/aromatic N) is 1. The predicted octanol–water partition coefficient (Wildman–Crippen LogP) is 2.69. The number of hydrogen-bond donors (Lipinski definition) is 2. The predicted molar refractivity (Wildman–Crippen MR) is 90.3 cm³/mol. The molecule has 0 bridgehead atoms. The molecule has 1 aromatic heterocycles. The van der Waals surface area contributed by atoms with Gasteiger partial charge in [-0.25, -0.2) is 13.1 Å². The number of anilines is 1. The summed E-state index contributed by atoms with van der Waals surface area (Å²) in [5.41, 5.74) is 1.18. The maximum absolute atomic E-state index is 12.2. The standard InChI is InChI=1S/C14H13Cl2N3O3S/c1-23(21,22)18-8-11-6-9(4-5-17-11)14(20)19-13-3-2-10(15)7-12(13)16/h2-7,18H,8H2,1H3,(H,19,20). The number of sulfonamides is 1. The number of carbonyl (C=O) groups is 1. The second-order valence-electron chi connectivity index (χ2n) is 4.71. The zero-order valence-corrected chi connectivity index (χ0v) is 14.3. The molecule has 9 heteroatoms. The second kappa shape index (κ2) is 7.27. The Morgan fingerprint density at radius 1 is 1.22 bits per heavy atom. The monoisotopic (exact) mass is 373 g/mol. The van der Waals surface area contributed by atoms with Crippen LogP contribution in [0, 0.1) is 0 Å². The average molecular weight is 374 g/mol. The van der Waals surface area contributed by atoms with E-state index in [-0.39, 0.29) is 6.54 Å². The molecule has 0 saturated carbocycles. The average Bonchev–Trinajstić information content (AvgIpc) is 2.47. The number of aromatic nitrogens is 1. The van der Waals surface area contributed by atoms with Gasteiger partial charge in [-0.05, 0) is 30.3 Å². The molecule has 1 aromatic carbocycles. The molecule has 0 spiro atoms. The Bertz CT molecular complexity index is 841. The molecule has 0 fully saturated rings. The molecule has 1 amide bonds. The number of benzene rings is 1. The van der Waals surface area contributed by atoms with Crippen LogP contribution in [-0.4, -0.2) is 25.6 Å². The highest BCUT2D eigenvalue weighted by Gasteiger charge is 2.10. The van der Waals surface area contributed by atoms with Crippen LogP contribution in [-0.2, 0) is 16.6 Å². The number of pyridine rings is 1. The molecule has 0 unspecified atom stereocenters. The Kier molecular flexibility index (Phi) is 5.59. The van der Waals surface area contributed by atoms with Gasteiger partial charge in [-0.15, -0.1) is 0 Å². The Hall–Kier alpha value is -1.67. The van der Waals surface area contributed by atoms with Gasteiger partial charge in [0, 0.05) is 16.8 Å². The number of nitrogens with one attached hydrogen (secondary N) is 2. The molecule has 0 aliphatic rings. The maximum atomic E-state index is 12.2. The molecule has 2 rings (SSSR count). The van der Waals surface area contributed by atoms with E-state index >= 15 is 0 Å². The van der Waals surface area contributed by atoms with Gasteiger partial charge in [-0.1, -0.05) is 23.2 Å². The third-order valence-electron chi connectivity index (χ3n) is 2.77. The molecule has 122 valence electrons. The molecule has 0 radical (unpaired) electrons. The minimum absolute atomic E-state index is 0.00164. The summed E-state index contributed by atoms with van der Waals surface area (Å²) in [7, 11) is -3.33. The lowest BCUT2D eigenvalue weighted by Gasteiger charge is -2.08. The fraction of sp³-hybridized carbons (Fsp3) is 0.143. The fourth-order valence-electron chi connectivity index (χ4n) is 1.71. The molecular weight excluding hydrogens is 361 g/mol. The van der Waals surface area contributed by atoms with Crippen molar-refractivity contribution >= 4 is 44.8 Å². The van der Waals surface area contributed by atoms with Crippen LogP contribution >= 0.6 is 23.2 Å². The van der Waals surface area contributed by atoms with Gasteiger partial charge in [-0.3, -0.25) is 9.78 Å². The molecular formula is C14H13Cl2N3O3S. The minimum Gasteiger partial charge on any atom is -0.321 e. The Morgan fingerprint density at radius 3 is 2.61 bits per heavy atom. The zero-order valence-electron chi connectivity index (χ0n) is 12.0. The van der Waals surface area contributed by atoms with Crippen LogP contribution in [0.4, 0.5) is 5.69 Å². The van der Waals surface area contributed by atoms with E-state index in [0.29, 0.717) is 27.0 Å². The number of hydrogen-bond acceptors (Lipinski definition) is 4. The van der Waals surface area contributed by atoms with Crippen LogP contribution < -0.4 is 10.0 Å². The first-order valence-corrected chi connectivity index (χ1v) is 9.05. The lowest BCUT2D eigenvalue weighted by Crippen LogP contribution is -2.22. The van der Waals surface area contributed by atoms with Gasteiger partial charge in [0.25, 0.3) is 5.91 Å². The third-order valence-corrected chi connectivity index (χ3v) is 3.99. The van der Waals surface area contributed by atoms with Crippen LogP contribution in [0.2, 0.25) is 10.0 Å². The molecule has 0 aliphatic heterocycles. The van der Waals surface area contributed by atoms with Gasteiger partial charge in [0.15, 0.2) is 0 Å². The number of carbonyl (C=O) groups excluding carboxylic acids is 1. The van der Waals surface area contributed by atoms with Crippen molar-refractivity contribution < 1.29 is 13.2 Å². The summed E-state index contributed by atoms with van der Waals surface area (Å²) in [5.74, 6) is -0.391. The first kappa shape index (κ1) is 17.7. The van der Waals surface area contributed by atoms with Crippen LogP contribution in [0.5, 0.6) is 0 Å². The van der Waals surface area contributed by atoms with E-state index in [1.165, 1.54) is 24.4 Å². The maximum Gasteiger partial charge on any atom is 0.255 e. The van der Waals surface area contributed by atoms with E-state index in [2.05, 4.69) is 15.0 Å². The molecule has 0 saturated heterocycles. The largest absolute Gasteiger partial charge is 0.321 e. The third kappa shape index (κ3) is 5.47. The summed E-state index contributed by atoms with van der Waals surface area (Å²) in [6.07, 6.45) is 2.48. The van der Waals surface area contributed by atoms with E-state index < -0.39 is 15.9 Å². The molecule has 0 aliphatic carbocycles. The normalized spacial score (nSPS) is 11.3. The number of amides is 1. The summed E-state index contributed by atoms with van der Waals surface area (Å²) in [5, 5.41) is 3.44. The lowest BCUT2D eigenvalue weighted by atomic mass is 10.2. The zero-order chi connectivity index (χ0) is 17.0. The molecule has 2 aromatic rings. The molecule has 0 atom stereocenters. The topological polar surface area (TPSA) is 88.2 Å². The summed E-state index contributed by atoms with van der Waals surface area (Å²) in [4.78, 5) is 16.2. The van der Waals surface area contributed by atoms with Gasteiger partial charge < -0.3 is 5.32 Å². The van der Waals surface area contributed by atoms with Crippen molar-refractivity contribution in [1.82, 2.24) is 9.71 Å². The van der Waals surface area contributed by atoms with Gasteiger partial charge in [-0.2, -0.15) is 0 Å². The molecule has 2 N–H and O–H groups in total. The smallest absolute Gasteiger partial charge is 0.255 e. The van der Waals surface area contributed by atoms with Crippen molar-refractivity contribution in [1.29, 1.82) is 0 Å². The van der Waals surface area contributed by atoms with Gasteiger partial charge in [0.1, 0.15) is 0 Å². The summed E-state index contributed by atoms with van der Waals surface area (Å²) < 4.78 is 24.5.